The van der Waals surface area contributed by atoms with E-state index in [4.69, 9.17) is 4.52 Å². The summed E-state index contributed by atoms with van der Waals surface area (Å²) in [4.78, 5) is 21.5. The lowest BCUT2D eigenvalue weighted by Gasteiger charge is -2.00. The van der Waals surface area contributed by atoms with Gasteiger partial charge >= 0.3 is 0 Å². The van der Waals surface area contributed by atoms with Crippen molar-refractivity contribution < 1.29 is 8.91 Å². The van der Waals surface area contributed by atoms with Gasteiger partial charge in [0.2, 0.25) is 0 Å². The molecule has 0 aliphatic heterocycles. The summed E-state index contributed by atoms with van der Waals surface area (Å²) in [7, 11) is 0. The van der Waals surface area contributed by atoms with Gasteiger partial charge in [-0.05, 0) is 35.7 Å². The van der Waals surface area contributed by atoms with Gasteiger partial charge in [-0.2, -0.15) is 4.98 Å². The lowest BCUT2D eigenvalue weighted by atomic mass is 10.2. The maximum Gasteiger partial charge on any atom is 0.262 e. The fraction of sp³-hybridized carbons (Fsp3) is 0.0667. The average molecular weight is 328 g/mol. The SMILES string of the molecule is O=c1c2ccsc2ncn1Cc1noc(-c2ccc(F)cc2)n1. The van der Waals surface area contributed by atoms with Crippen LogP contribution in [0.2, 0.25) is 0 Å². The third-order valence-corrected chi connectivity index (χ3v) is 4.14. The Kier molecular flexibility index (Phi) is 3.23. The first-order chi connectivity index (χ1) is 11.2. The number of hydrogen-bond donors (Lipinski definition) is 0. The van der Waals surface area contributed by atoms with E-state index in [1.165, 1.54) is 34.4 Å². The van der Waals surface area contributed by atoms with Crippen molar-refractivity contribution in [3.63, 3.8) is 0 Å². The van der Waals surface area contributed by atoms with Crippen LogP contribution in [0.15, 0.2) is 51.4 Å². The smallest absolute Gasteiger partial charge is 0.262 e. The average Bonchev–Trinajstić information content (AvgIpc) is 3.20. The number of thiophene rings is 1. The Morgan fingerprint density at radius 1 is 1.22 bits per heavy atom. The Morgan fingerprint density at radius 3 is 2.87 bits per heavy atom. The number of halogens is 1. The van der Waals surface area contributed by atoms with Crippen LogP contribution in [0.3, 0.4) is 0 Å². The van der Waals surface area contributed by atoms with Crippen LogP contribution in [0.25, 0.3) is 21.7 Å². The second-order valence-electron chi connectivity index (χ2n) is 4.84. The molecule has 0 fully saturated rings. The number of nitrogens with zero attached hydrogens (tertiary/aromatic N) is 4. The third kappa shape index (κ3) is 2.53. The van der Waals surface area contributed by atoms with E-state index in [0.29, 0.717) is 21.6 Å². The summed E-state index contributed by atoms with van der Waals surface area (Å²) in [6, 6.07) is 7.48. The van der Waals surface area contributed by atoms with Gasteiger partial charge in [-0.25, -0.2) is 9.37 Å². The fourth-order valence-corrected chi connectivity index (χ4v) is 2.91. The molecule has 0 saturated heterocycles. The van der Waals surface area contributed by atoms with Crippen LogP contribution in [0.1, 0.15) is 5.82 Å². The molecule has 4 aromatic rings. The van der Waals surface area contributed by atoms with Crippen LogP contribution in [0.4, 0.5) is 4.39 Å². The molecule has 23 heavy (non-hydrogen) atoms. The van der Waals surface area contributed by atoms with Crippen molar-refractivity contribution in [2.75, 3.05) is 0 Å². The topological polar surface area (TPSA) is 73.8 Å². The second kappa shape index (κ2) is 5.40. The molecule has 3 heterocycles. The van der Waals surface area contributed by atoms with Crippen molar-refractivity contribution >= 4 is 21.6 Å². The van der Waals surface area contributed by atoms with Crippen molar-refractivity contribution in [1.82, 2.24) is 19.7 Å². The first-order valence-electron chi connectivity index (χ1n) is 6.72. The molecular formula is C15H9FN4O2S. The summed E-state index contributed by atoms with van der Waals surface area (Å²) >= 11 is 1.41. The summed E-state index contributed by atoms with van der Waals surface area (Å²) in [5.74, 6) is 0.288. The fourth-order valence-electron chi connectivity index (χ4n) is 2.19. The molecule has 114 valence electrons. The minimum absolute atomic E-state index is 0.149. The predicted octanol–water partition coefficient (Wildman–Crippen LogP) is 2.70. The van der Waals surface area contributed by atoms with Crippen LogP contribution < -0.4 is 5.56 Å². The lowest BCUT2D eigenvalue weighted by molar-refractivity contribution is 0.420. The minimum Gasteiger partial charge on any atom is -0.334 e. The lowest BCUT2D eigenvalue weighted by Crippen LogP contribution is -2.21. The molecule has 0 saturated carbocycles. The number of aromatic nitrogens is 4. The molecule has 0 amide bonds. The molecule has 0 atom stereocenters. The maximum atomic E-state index is 12.9. The Bertz CT molecular complexity index is 1040. The van der Waals surface area contributed by atoms with Gasteiger partial charge in [-0.15, -0.1) is 11.3 Å². The molecule has 6 nitrogen and oxygen atoms in total. The van der Waals surface area contributed by atoms with Crippen LogP contribution in [-0.4, -0.2) is 19.7 Å². The predicted molar refractivity (Wildman–Crippen MR) is 82.7 cm³/mol. The monoisotopic (exact) mass is 328 g/mol. The van der Waals surface area contributed by atoms with Gasteiger partial charge in [-0.3, -0.25) is 9.36 Å². The van der Waals surface area contributed by atoms with E-state index in [1.54, 1.807) is 18.2 Å². The highest BCUT2D eigenvalue weighted by molar-refractivity contribution is 7.16. The minimum atomic E-state index is -0.338. The molecule has 4 rings (SSSR count). The van der Waals surface area contributed by atoms with Gasteiger partial charge in [0, 0.05) is 5.56 Å². The largest absolute Gasteiger partial charge is 0.334 e. The van der Waals surface area contributed by atoms with E-state index in [0.717, 1.165) is 0 Å². The first kappa shape index (κ1) is 13.8. The summed E-state index contributed by atoms with van der Waals surface area (Å²) in [6.07, 6.45) is 1.47. The van der Waals surface area contributed by atoms with Gasteiger partial charge in [-0.1, -0.05) is 5.16 Å². The zero-order valence-electron chi connectivity index (χ0n) is 11.6. The molecule has 1 aromatic carbocycles. The van der Waals surface area contributed by atoms with Crippen molar-refractivity contribution in [2.24, 2.45) is 0 Å². The second-order valence-corrected chi connectivity index (χ2v) is 5.73. The molecular weight excluding hydrogens is 319 g/mol. The summed E-state index contributed by atoms with van der Waals surface area (Å²) < 4.78 is 19.5. The molecule has 0 aliphatic rings. The number of hydrogen-bond acceptors (Lipinski definition) is 6. The highest BCUT2D eigenvalue weighted by atomic mass is 32.1. The van der Waals surface area contributed by atoms with Crippen molar-refractivity contribution in [3.05, 3.63) is 64.0 Å². The number of rotatable bonds is 3. The molecule has 0 spiro atoms. The molecule has 3 aromatic heterocycles. The van der Waals surface area contributed by atoms with E-state index in [2.05, 4.69) is 15.1 Å². The maximum absolute atomic E-state index is 12.9. The third-order valence-electron chi connectivity index (χ3n) is 3.32. The molecule has 0 aliphatic carbocycles. The van der Waals surface area contributed by atoms with Crippen molar-refractivity contribution in [2.45, 2.75) is 6.54 Å². The van der Waals surface area contributed by atoms with Gasteiger partial charge in [0.15, 0.2) is 5.82 Å². The van der Waals surface area contributed by atoms with Gasteiger partial charge < -0.3 is 4.52 Å². The Morgan fingerprint density at radius 2 is 2.04 bits per heavy atom. The quantitative estimate of drug-likeness (QED) is 0.578. The Hall–Kier alpha value is -2.87. The van der Waals surface area contributed by atoms with Crippen LogP contribution in [-0.2, 0) is 6.54 Å². The van der Waals surface area contributed by atoms with Gasteiger partial charge in [0.25, 0.3) is 11.4 Å². The molecule has 8 heteroatoms. The molecule has 0 unspecified atom stereocenters. The zero-order chi connectivity index (χ0) is 15.8. The molecule has 0 N–H and O–H groups in total. The zero-order valence-corrected chi connectivity index (χ0v) is 12.5. The Labute approximate surface area is 132 Å². The van der Waals surface area contributed by atoms with E-state index >= 15 is 0 Å². The van der Waals surface area contributed by atoms with E-state index in [1.807, 2.05) is 5.38 Å². The van der Waals surface area contributed by atoms with E-state index in [-0.39, 0.29) is 23.8 Å². The standard InChI is InChI=1S/C15H9FN4O2S/c16-10-3-1-9(2-4-10)13-18-12(19-22-13)7-20-8-17-14-11(15(20)21)5-6-23-14/h1-6,8H,7H2. The van der Waals surface area contributed by atoms with Gasteiger partial charge in [0.05, 0.1) is 18.3 Å². The van der Waals surface area contributed by atoms with Gasteiger partial charge in [0.1, 0.15) is 10.6 Å². The van der Waals surface area contributed by atoms with E-state index < -0.39 is 0 Å². The highest BCUT2D eigenvalue weighted by Crippen LogP contribution is 2.18. The highest BCUT2D eigenvalue weighted by Gasteiger charge is 2.11. The van der Waals surface area contributed by atoms with Crippen LogP contribution >= 0.6 is 11.3 Å². The number of benzene rings is 1. The molecule has 0 radical (unpaired) electrons. The summed E-state index contributed by atoms with van der Waals surface area (Å²) in [6.45, 7) is 0.155. The normalized spacial score (nSPS) is 11.2. The molecule has 0 bridgehead atoms. The van der Waals surface area contributed by atoms with Crippen molar-refractivity contribution in [3.8, 4) is 11.5 Å². The van der Waals surface area contributed by atoms with E-state index in [9.17, 15) is 9.18 Å². The summed E-state index contributed by atoms with van der Waals surface area (Å²) in [5, 5.41) is 6.25. The summed E-state index contributed by atoms with van der Waals surface area (Å²) in [5.41, 5.74) is 0.466. The number of fused-ring (bicyclic) bond motifs is 1. The van der Waals surface area contributed by atoms with Crippen LogP contribution in [0, 0.1) is 5.82 Å². The van der Waals surface area contributed by atoms with Crippen molar-refractivity contribution in [1.29, 1.82) is 0 Å². The Balaban J connectivity index is 1.65. The first-order valence-corrected chi connectivity index (χ1v) is 7.60. The van der Waals surface area contributed by atoms with Crippen LogP contribution in [0.5, 0.6) is 0 Å².